The molecule has 3 N–H and O–H groups in total. The maximum atomic E-state index is 11.2. The fraction of sp³-hybridized carbons (Fsp3) is 0.0833. The molecule has 0 atom stereocenters. The number of carboxylic acid groups (broad SMARTS) is 1. The first-order valence-electron chi connectivity index (χ1n) is 5.29. The molecule has 0 saturated carbocycles. The zero-order valence-corrected chi connectivity index (χ0v) is 10.7. The van der Waals surface area contributed by atoms with E-state index in [0.29, 0.717) is 16.5 Å². The third kappa shape index (κ3) is 2.51. The lowest BCUT2D eigenvalue weighted by atomic mass is 10.0. The predicted molar refractivity (Wildman–Crippen MR) is 70.3 cm³/mol. The van der Waals surface area contributed by atoms with Crippen LogP contribution in [0.4, 0.5) is 5.69 Å². The normalized spacial score (nSPS) is 11.5. The van der Waals surface area contributed by atoms with Crippen molar-refractivity contribution in [3.8, 4) is 0 Å². The molecule has 0 fully saturated rings. The van der Waals surface area contributed by atoms with Crippen LogP contribution in [0, 0.1) is 0 Å². The molecule has 0 aliphatic rings. The Morgan fingerprint density at radius 2 is 1.89 bits per heavy atom. The van der Waals surface area contributed by atoms with Crippen molar-refractivity contribution in [2.45, 2.75) is 4.90 Å². The molecule has 2 aromatic rings. The highest BCUT2D eigenvalue weighted by molar-refractivity contribution is 7.85. The monoisotopic (exact) mass is 281 g/mol. The molecule has 0 bridgehead atoms. The molecule has 0 saturated heterocycles. The van der Waals surface area contributed by atoms with Crippen LogP contribution in [0.25, 0.3) is 10.8 Å². The lowest BCUT2D eigenvalue weighted by Crippen LogP contribution is -2.02. The lowest BCUT2D eigenvalue weighted by Gasteiger charge is -2.08. The smallest absolute Gasteiger partial charge is 0.336 e. The number of aromatic carboxylic acids is 1. The first-order valence-corrected chi connectivity index (χ1v) is 6.73. The Labute approximate surface area is 109 Å². The number of anilines is 1. The van der Waals surface area contributed by atoms with Gasteiger partial charge in [-0.15, -0.1) is 0 Å². The minimum Gasteiger partial charge on any atom is -0.478 e. The van der Waals surface area contributed by atoms with E-state index in [0.717, 1.165) is 0 Å². The van der Waals surface area contributed by atoms with Gasteiger partial charge in [0.05, 0.1) is 10.5 Å². The Hall–Kier alpha value is -2.12. The van der Waals surface area contributed by atoms with Gasteiger partial charge in [-0.05, 0) is 35.0 Å². The zero-order valence-electron chi connectivity index (χ0n) is 9.91. The van der Waals surface area contributed by atoms with E-state index in [1.807, 2.05) is 0 Å². The highest BCUT2D eigenvalue weighted by Gasteiger charge is 2.14. The van der Waals surface area contributed by atoms with E-state index in [-0.39, 0.29) is 10.5 Å². The Balaban J connectivity index is 2.82. The van der Waals surface area contributed by atoms with Gasteiger partial charge in [-0.2, -0.15) is 8.42 Å². The van der Waals surface area contributed by atoms with E-state index in [9.17, 15) is 13.2 Å². The maximum absolute atomic E-state index is 11.2. The highest BCUT2D eigenvalue weighted by Crippen LogP contribution is 2.26. The molecule has 0 aromatic heterocycles. The fourth-order valence-corrected chi connectivity index (χ4v) is 2.35. The molecule has 0 amide bonds. The second-order valence-electron chi connectivity index (χ2n) is 3.94. The van der Waals surface area contributed by atoms with Gasteiger partial charge in [-0.25, -0.2) is 4.79 Å². The highest BCUT2D eigenvalue weighted by atomic mass is 32.2. The molecule has 19 heavy (non-hydrogen) atoms. The Morgan fingerprint density at radius 3 is 2.42 bits per heavy atom. The number of benzene rings is 2. The first-order chi connectivity index (χ1) is 8.82. The molecule has 7 heteroatoms. The summed E-state index contributed by atoms with van der Waals surface area (Å²) in [6.45, 7) is 0. The Bertz CT molecular complexity index is 767. The van der Waals surface area contributed by atoms with Gasteiger partial charge in [-0.3, -0.25) is 4.55 Å². The number of fused-ring (bicyclic) bond motifs is 1. The summed E-state index contributed by atoms with van der Waals surface area (Å²) in [5.41, 5.74) is 0.598. The molecule has 0 aliphatic carbocycles. The van der Waals surface area contributed by atoms with Gasteiger partial charge in [0, 0.05) is 12.7 Å². The second kappa shape index (κ2) is 4.52. The first kappa shape index (κ1) is 13.3. The van der Waals surface area contributed by atoms with Crippen LogP contribution < -0.4 is 5.32 Å². The van der Waals surface area contributed by atoms with Crippen LogP contribution in [0.15, 0.2) is 35.2 Å². The largest absolute Gasteiger partial charge is 0.478 e. The summed E-state index contributed by atoms with van der Waals surface area (Å²) < 4.78 is 31.1. The van der Waals surface area contributed by atoms with Crippen LogP contribution >= 0.6 is 0 Å². The molecule has 2 aromatic carbocycles. The summed E-state index contributed by atoms with van der Waals surface area (Å²) >= 11 is 0. The average Bonchev–Trinajstić information content (AvgIpc) is 2.35. The van der Waals surface area contributed by atoms with Crippen LogP contribution in [-0.2, 0) is 10.1 Å². The van der Waals surface area contributed by atoms with E-state index >= 15 is 0 Å². The molecular formula is C12H11NO5S. The molecule has 0 spiro atoms. The second-order valence-corrected chi connectivity index (χ2v) is 5.36. The fourth-order valence-electron chi connectivity index (χ4n) is 1.83. The van der Waals surface area contributed by atoms with Gasteiger partial charge in [0.2, 0.25) is 0 Å². The molecule has 6 nitrogen and oxygen atoms in total. The number of nitrogens with one attached hydrogen (secondary N) is 1. The summed E-state index contributed by atoms with van der Waals surface area (Å²) in [7, 11) is -2.69. The van der Waals surface area contributed by atoms with Crippen molar-refractivity contribution in [2.75, 3.05) is 12.4 Å². The Kier molecular flexibility index (Phi) is 3.17. The van der Waals surface area contributed by atoms with E-state index in [2.05, 4.69) is 5.32 Å². The van der Waals surface area contributed by atoms with Crippen molar-refractivity contribution in [1.82, 2.24) is 0 Å². The summed E-state index contributed by atoms with van der Waals surface area (Å²) in [6.07, 6.45) is 0. The van der Waals surface area contributed by atoms with Gasteiger partial charge in [0.1, 0.15) is 0 Å². The lowest BCUT2D eigenvalue weighted by molar-refractivity contribution is 0.0699. The van der Waals surface area contributed by atoms with Gasteiger partial charge >= 0.3 is 5.97 Å². The minimum atomic E-state index is -4.31. The SMILES string of the molecule is CNc1cc(C(=O)O)c2ccc(S(=O)(=O)O)cc2c1. The van der Waals surface area contributed by atoms with Crippen molar-refractivity contribution < 1.29 is 22.9 Å². The van der Waals surface area contributed by atoms with E-state index in [4.69, 9.17) is 9.66 Å². The number of rotatable bonds is 3. The summed E-state index contributed by atoms with van der Waals surface area (Å²) in [4.78, 5) is 10.9. The molecule has 0 aliphatic heterocycles. The summed E-state index contributed by atoms with van der Waals surface area (Å²) in [5, 5.41) is 12.8. The van der Waals surface area contributed by atoms with Crippen molar-refractivity contribution in [2.24, 2.45) is 0 Å². The maximum Gasteiger partial charge on any atom is 0.336 e. The zero-order chi connectivity index (χ0) is 14.2. The van der Waals surface area contributed by atoms with Crippen LogP contribution in [0.2, 0.25) is 0 Å². The van der Waals surface area contributed by atoms with E-state index in [1.54, 1.807) is 13.1 Å². The predicted octanol–water partition coefficient (Wildman–Crippen LogP) is 1.83. The van der Waals surface area contributed by atoms with Crippen LogP contribution in [0.3, 0.4) is 0 Å². The third-order valence-corrected chi connectivity index (χ3v) is 3.59. The summed E-state index contributed by atoms with van der Waals surface area (Å²) in [5.74, 6) is -1.11. The minimum absolute atomic E-state index is 0.0590. The van der Waals surface area contributed by atoms with Crippen LogP contribution in [0.5, 0.6) is 0 Å². The number of carbonyl (C=O) groups is 1. The molecular weight excluding hydrogens is 270 g/mol. The van der Waals surface area contributed by atoms with Gasteiger partial charge in [0.15, 0.2) is 0 Å². The van der Waals surface area contributed by atoms with Crippen molar-refractivity contribution in [1.29, 1.82) is 0 Å². The van der Waals surface area contributed by atoms with Crippen molar-refractivity contribution >= 4 is 32.5 Å². The van der Waals surface area contributed by atoms with Gasteiger partial charge in [-0.1, -0.05) is 6.07 Å². The molecule has 0 heterocycles. The molecule has 0 unspecified atom stereocenters. The van der Waals surface area contributed by atoms with Crippen LogP contribution in [-0.4, -0.2) is 31.1 Å². The van der Waals surface area contributed by atoms with Gasteiger partial charge in [0.25, 0.3) is 10.1 Å². The van der Waals surface area contributed by atoms with Crippen LogP contribution in [0.1, 0.15) is 10.4 Å². The van der Waals surface area contributed by atoms with E-state index in [1.165, 1.54) is 24.3 Å². The third-order valence-electron chi connectivity index (χ3n) is 2.74. The summed E-state index contributed by atoms with van der Waals surface area (Å²) in [6, 6.07) is 6.83. The molecule has 2 rings (SSSR count). The standard InChI is InChI=1S/C12H11NO5S/c1-13-8-4-7-5-9(19(16,17)18)2-3-10(7)11(6-8)12(14)15/h2-6,13H,1H3,(H,14,15)(H,16,17,18). The Morgan fingerprint density at radius 1 is 1.21 bits per heavy atom. The number of hydrogen-bond acceptors (Lipinski definition) is 4. The van der Waals surface area contributed by atoms with Gasteiger partial charge < -0.3 is 10.4 Å². The quantitative estimate of drug-likeness (QED) is 0.741. The molecule has 0 radical (unpaired) electrons. The van der Waals surface area contributed by atoms with E-state index < -0.39 is 16.1 Å². The van der Waals surface area contributed by atoms with Crippen molar-refractivity contribution in [3.63, 3.8) is 0 Å². The number of carboxylic acids is 1. The topological polar surface area (TPSA) is 104 Å². The average molecular weight is 281 g/mol. The van der Waals surface area contributed by atoms with Crippen molar-refractivity contribution in [3.05, 3.63) is 35.9 Å². The molecule has 100 valence electrons. The number of hydrogen-bond donors (Lipinski definition) is 3.